The van der Waals surface area contributed by atoms with Crippen LogP contribution < -0.4 is 19.5 Å². The molecule has 1 N–H and O–H groups in total. The van der Waals surface area contributed by atoms with Gasteiger partial charge in [0.15, 0.2) is 17.6 Å². The van der Waals surface area contributed by atoms with Crippen LogP contribution in [-0.4, -0.2) is 18.8 Å². The SMILES string of the molecule is Cc1cccc(O[C@H](C)C(=O)NCc2ccc3c(c2)OCO3)c1C. The number of carbonyl (C=O) groups is 1. The molecule has 0 aliphatic carbocycles. The quantitative estimate of drug-likeness (QED) is 0.917. The molecule has 1 amide bonds. The van der Waals surface area contributed by atoms with E-state index in [-0.39, 0.29) is 12.7 Å². The molecule has 2 aromatic rings. The van der Waals surface area contributed by atoms with Crippen LogP contribution in [0.5, 0.6) is 17.2 Å². The van der Waals surface area contributed by atoms with E-state index in [0.29, 0.717) is 12.3 Å². The van der Waals surface area contributed by atoms with Crippen molar-refractivity contribution >= 4 is 5.91 Å². The number of fused-ring (bicyclic) bond motifs is 1. The molecule has 5 heteroatoms. The smallest absolute Gasteiger partial charge is 0.261 e. The van der Waals surface area contributed by atoms with Crippen LogP contribution in [-0.2, 0) is 11.3 Å². The van der Waals surface area contributed by atoms with Gasteiger partial charge in [0.25, 0.3) is 5.91 Å². The zero-order valence-electron chi connectivity index (χ0n) is 14.1. The van der Waals surface area contributed by atoms with Crippen molar-refractivity contribution in [3.05, 3.63) is 53.1 Å². The van der Waals surface area contributed by atoms with Gasteiger partial charge in [-0.3, -0.25) is 4.79 Å². The van der Waals surface area contributed by atoms with Crippen LogP contribution in [0.3, 0.4) is 0 Å². The molecule has 0 radical (unpaired) electrons. The predicted molar refractivity (Wildman–Crippen MR) is 90.4 cm³/mol. The Morgan fingerprint density at radius 3 is 2.83 bits per heavy atom. The summed E-state index contributed by atoms with van der Waals surface area (Å²) in [7, 11) is 0. The fourth-order valence-electron chi connectivity index (χ4n) is 2.48. The lowest BCUT2D eigenvalue weighted by atomic mass is 10.1. The zero-order chi connectivity index (χ0) is 17.1. The minimum absolute atomic E-state index is 0.159. The Morgan fingerprint density at radius 2 is 2.00 bits per heavy atom. The van der Waals surface area contributed by atoms with E-state index in [9.17, 15) is 4.79 Å². The van der Waals surface area contributed by atoms with Gasteiger partial charge in [0.2, 0.25) is 6.79 Å². The van der Waals surface area contributed by atoms with Crippen LogP contribution in [0.4, 0.5) is 0 Å². The van der Waals surface area contributed by atoms with E-state index in [0.717, 1.165) is 28.2 Å². The van der Waals surface area contributed by atoms with Gasteiger partial charge < -0.3 is 19.5 Å². The Morgan fingerprint density at radius 1 is 1.21 bits per heavy atom. The van der Waals surface area contributed by atoms with E-state index in [1.54, 1.807) is 6.92 Å². The lowest BCUT2D eigenvalue weighted by molar-refractivity contribution is -0.127. The Hall–Kier alpha value is -2.69. The second kappa shape index (κ2) is 6.83. The standard InChI is InChI=1S/C19H21NO4/c1-12-5-4-6-16(13(12)2)24-14(3)19(21)20-10-15-7-8-17-18(9-15)23-11-22-17/h4-9,14H,10-11H2,1-3H3,(H,20,21)/t14-/m1/s1. The van der Waals surface area contributed by atoms with Crippen molar-refractivity contribution in [1.29, 1.82) is 0 Å². The zero-order valence-corrected chi connectivity index (χ0v) is 14.1. The number of rotatable bonds is 5. The second-order valence-electron chi connectivity index (χ2n) is 5.86. The number of hydrogen-bond donors (Lipinski definition) is 1. The molecule has 126 valence electrons. The first-order chi connectivity index (χ1) is 11.5. The highest BCUT2D eigenvalue weighted by Crippen LogP contribution is 2.32. The first-order valence-corrected chi connectivity index (χ1v) is 7.93. The molecule has 0 saturated heterocycles. The van der Waals surface area contributed by atoms with Gasteiger partial charge in [-0.15, -0.1) is 0 Å². The molecule has 3 rings (SSSR count). The van der Waals surface area contributed by atoms with Gasteiger partial charge in [-0.1, -0.05) is 18.2 Å². The molecule has 1 aliphatic rings. The molecule has 0 aromatic heterocycles. The molecule has 0 fully saturated rings. The normalized spacial score (nSPS) is 13.5. The summed E-state index contributed by atoms with van der Waals surface area (Å²) >= 11 is 0. The number of carbonyl (C=O) groups excluding carboxylic acids is 1. The van der Waals surface area contributed by atoms with Crippen LogP contribution >= 0.6 is 0 Å². The Bertz CT molecular complexity index is 757. The molecule has 0 bridgehead atoms. The Labute approximate surface area is 141 Å². The lowest BCUT2D eigenvalue weighted by Gasteiger charge is -2.17. The van der Waals surface area contributed by atoms with Gasteiger partial charge in [-0.2, -0.15) is 0 Å². The van der Waals surface area contributed by atoms with E-state index in [1.807, 2.05) is 50.2 Å². The fraction of sp³-hybridized carbons (Fsp3) is 0.316. The maximum Gasteiger partial charge on any atom is 0.261 e. The van der Waals surface area contributed by atoms with Crippen molar-refractivity contribution in [2.24, 2.45) is 0 Å². The van der Waals surface area contributed by atoms with E-state index in [2.05, 4.69) is 5.32 Å². The summed E-state index contributed by atoms with van der Waals surface area (Å²) in [5.74, 6) is 2.02. The fourth-order valence-corrected chi connectivity index (χ4v) is 2.48. The number of aryl methyl sites for hydroxylation is 1. The van der Waals surface area contributed by atoms with Crippen molar-refractivity contribution in [2.75, 3.05) is 6.79 Å². The monoisotopic (exact) mass is 327 g/mol. The second-order valence-corrected chi connectivity index (χ2v) is 5.86. The molecule has 0 saturated carbocycles. The van der Waals surface area contributed by atoms with Crippen LogP contribution in [0, 0.1) is 13.8 Å². The highest BCUT2D eigenvalue weighted by molar-refractivity contribution is 5.80. The highest BCUT2D eigenvalue weighted by Gasteiger charge is 2.17. The molecular formula is C19H21NO4. The Balaban J connectivity index is 1.57. The van der Waals surface area contributed by atoms with Crippen LogP contribution in [0.2, 0.25) is 0 Å². The van der Waals surface area contributed by atoms with Gasteiger partial charge in [-0.25, -0.2) is 0 Å². The molecule has 2 aromatic carbocycles. The summed E-state index contributed by atoms with van der Waals surface area (Å²) < 4.78 is 16.4. The maximum atomic E-state index is 12.3. The topological polar surface area (TPSA) is 56.8 Å². The molecule has 0 unspecified atom stereocenters. The summed E-state index contributed by atoms with van der Waals surface area (Å²) in [5, 5.41) is 2.88. The Kier molecular flexibility index (Phi) is 4.60. The van der Waals surface area contributed by atoms with Crippen molar-refractivity contribution in [1.82, 2.24) is 5.32 Å². The molecule has 1 atom stereocenters. The van der Waals surface area contributed by atoms with Crippen molar-refractivity contribution in [3.63, 3.8) is 0 Å². The van der Waals surface area contributed by atoms with E-state index in [4.69, 9.17) is 14.2 Å². The summed E-state index contributed by atoms with van der Waals surface area (Å²) in [6.45, 7) is 6.41. The van der Waals surface area contributed by atoms with Crippen LogP contribution in [0.25, 0.3) is 0 Å². The van der Waals surface area contributed by atoms with Crippen molar-refractivity contribution in [3.8, 4) is 17.2 Å². The third-order valence-electron chi connectivity index (χ3n) is 4.13. The summed E-state index contributed by atoms with van der Waals surface area (Å²) in [6, 6.07) is 11.5. The number of amides is 1. The molecule has 5 nitrogen and oxygen atoms in total. The average Bonchev–Trinajstić information content (AvgIpc) is 3.04. The number of nitrogens with one attached hydrogen (secondary N) is 1. The van der Waals surface area contributed by atoms with E-state index < -0.39 is 6.10 Å². The number of benzene rings is 2. The van der Waals surface area contributed by atoms with E-state index >= 15 is 0 Å². The summed E-state index contributed by atoms with van der Waals surface area (Å²) in [6.07, 6.45) is -0.570. The first kappa shape index (κ1) is 16.2. The molecular weight excluding hydrogens is 306 g/mol. The number of ether oxygens (including phenoxy) is 3. The van der Waals surface area contributed by atoms with Crippen molar-refractivity contribution in [2.45, 2.75) is 33.4 Å². The molecule has 1 aliphatic heterocycles. The van der Waals surface area contributed by atoms with Gasteiger partial charge in [0.1, 0.15) is 5.75 Å². The highest BCUT2D eigenvalue weighted by atomic mass is 16.7. The largest absolute Gasteiger partial charge is 0.481 e. The van der Waals surface area contributed by atoms with Crippen LogP contribution in [0.15, 0.2) is 36.4 Å². The summed E-state index contributed by atoms with van der Waals surface area (Å²) in [5.41, 5.74) is 3.14. The van der Waals surface area contributed by atoms with Gasteiger partial charge >= 0.3 is 0 Å². The minimum atomic E-state index is -0.570. The molecule has 0 spiro atoms. The minimum Gasteiger partial charge on any atom is -0.481 e. The van der Waals surface area contributed by atoms with E-state index in [1.165, 1.54) is 0 Å². The predicted octanol–water partition coefficient (Wildman–Crippen LogP) is 3.12. The van der Waals surface area contributed by atoms with Gasteiger partial charge in [0.05, 0.1) is 0 Å². The average molecular weight is 327 g/mol. The lowest BCUT2D eigenvalue weighted by Crippen LogP contribution is -2.36. The van der Waals surface area contributed by atoms with Crippen LogP contribution in [0.1, 0.15) is 23.6 Å². The third kappa shape index (κ3) is 3.45. The molecule has 1 heterocycles. The summed E-state index contributed by atoms with van der Waals surface area (Å²) in [4.78, 5) is 12.3. The third-order valence-corrected chi connectivity index (χ3v) is 4.13. The van der Waals surface area contributed by atoms with Gasteiger partial charge in [0, 0.05) is 6.54 Å². The van der Waals surface area contributed by atoms with Gasteiger partial charge in [-0.05, 0) is 55.7 Å². The first-order valence-electron chi connectivity index (χ1n) is 7.93. The maximum absolute atomic E-state index is 12.3. The number of hydrogen-bond acceptors (Lipinski definition) is 4. The molecule has 24 heavy (non-hydrogen) atoms. The van der Waals surface area contributed by atoms with Crippen molar-refractivity contribution < 1.29 is 19.0 Å².